The summed E-state index contributed by atoms with van der Waals surface area (Å²) >= 11 is 0. The third-order valence-electron chi connectivity index (χ3n) is 3.01. The Kier molecular flexibility index (Phi) is 3.55. The molecule has 2 N–H and O–H groups in total. The first-order chi connectivity index (χ1) is 8.60. The molecule has 1 aromatic heterocycles. The second kappa shape index (κ2) is 5.12. The number of hydrogen-bond acceptors (Lipinski definition) is 4. The van der Waals surface area contributed by atoms with Crippen molar-refractivity contribution in [2.75, 3.05) is 12.8 Å². The Morgan fingerprint density at radius 1 is 1.28 bits per heavy atom. The van der Waals surface area contributed by atoms with Gasteiger partial charge in [-0.25, -0.2) is 0 Å². The van der Waals surface area contributed by atoms with Gasteiger partial charge in [0.25, 0.3) is 6.01 Å². The molecule has 0 saturated heterocycles. The van der Waals surface area contributed by atoms with Gasteiger partial charge < -0.3 is 14.9 Å². The van der Waals surface area contributed by atoms with Crippen molar-refractivity contribution in [1.82, 2.24) is 4.98 Å². The predicted octanol–water partition coefficient (Wildman–Crippen LogP) is 2.67. The van der Waals surface area contributed by atoms with Crippen LogP contribution in [-0.2, 0) is 12.8 Å². The van der Waals surface area contributed by atoms with E-state index in [1.807, 2.05) is 19.9 Å². The Bertz CT molecular complexity index is 547. The number of nitrogens with two attached hydrogens (primary N) is 1. The van der Waals surface area contributed by atoms with E-state index in [0.29, 0.717) is 0 Å². The minimum Gasteiger partial charge on any atom is -0.496 e. The van der Waals surface area contributed by atoms with E-state index in [9.17, 15) is 0 Å². The highest BCUT2D eigenvalue weighted by molar-refractivity contribution is 5.36. The summed E-state index contributed by atoms with van der Waals surface area (Å²) in [6.45, 7) is 3.95. The van der Waals surface area contributed by atoms with Crippen molar-refractivity contribution < 1.29 is 9.15 Å². The van der Waals surface area contributed by atoms with Crippen LogP contribution in [0.1, 0.15) is 22.6 Å². The van der Waals surface area contributed by atoms with Crippen LogP contribution in [0.5, 0.6) is 5.75 Å². The highest BCUT2D eigenvalue weighted by Crippen LogP contribution is 2.20. The Balaban J connectivity index is 2.06. The molecule has 0 unspecified atom stereocenters. The first-order valence-electron chi connectivity index (χ1n) is 5.95. The lowest BCUT2D eigenvalue weighted by molar-refractivity contribution is 0.411. The molecule has 18 heavy (non-hydrogen) atoms. The Hall–Kier alpha value is -1.97. The molecule has 0 atom stereocenters. The molecule has 2 rings (SSSR count). The summed E-state index contributed by atoms with van der Waals surface area (Å²) in [7, 11) is 1.68. The van der Waals surface area contributed by atoms with E-state index in [-0.39, 0.29) is 6.01 Å². The molecule has 1 heterocycles. The summed E-state index contributed by atoms with van der Waals surface area (Å²) in [5.74, 6) is 1.78. The molecule has 0 aliphatic carbocycles. The highest BCUT2D eigenvalue weighted by Gasteiger charge is 2.08. The zero-order valence-electron chi connectivity index (χ0n) is 11.0. The van der Waals surface area contributed by atoms with Gasteiger partial charge in [-0.15, -0.1) is 0 Å². The number of nitrogens with zero attached hydrogens (tertiary/aromatic N) is 1. The molecule has 96 valence electrons. The van der Waals surface area contributed by atoms with Crippen molar-refractivity contribution in [3.8, 4) is 5.75 Å². The molecule has 0 spiro atoms. The second-order valence-electron chi connectivity index (χ2n) is 4.36. The van der Waals surface area contributed by atoms with Crippen LogP contribution in [0.25, 0.3) is 0 Å². The number of hydrogen-bond donors (Lipinski definition) is 1. The fourth-order valence-electron chi connectivity index (χ4n) is 2.04. The number of anilines is 1. The Morgan fingerprint density at radius 2 is 2.06 bits per heavy atom. The largest absolute Gasteiger partial charge is 0.496 e. The first-order valence-corrected chi connectivity index (χ1v) is 5.95. The maximum atomic E-state index is 5.52. The monoisotopic (exact) mass is 246 g/mol. The lowest BCUT2D eigenvalue weighted by Gasteiger charge is -2.06. The lowest BCUT2D eigenvalue weighted by Crippen LogP contribution is -1.94. The summed E-state index contributed by atoms with van der Waals surface area (Å²) < 4.78 is 10.6. The summed E-state index contributed by atoms with van der Waals surface area (Å²) in [5.41, 5.74) is 8.78. The maximum Gasteiger partial charge on any atom is 0.292 e. The minimum absolute atomic E-state index is 0.244. The molecule has 2 aromatic rings. The smallest absolute Gasteiger partial charge is 0.292 e. The molecule has 0 radical (unpaired) electrons. The highest BCUT2D eigenvalue weighted by atomic mass is 16.5. The van der Waals surface area contributed by atoms with Crippen molar-refractivity contribution in [2.24, 2.45) is 0 Å². The van der Waals surface area contributed by atoms with Crippen molar-refractivity contribution >= 4 is 6.01 Å². The van der Waals surface area contributed by atoms with Gasteiger partial charge >= 0.3 is 0 Å². The number of ether oxygens (including phenoxy) is 1. The Morgan fingerprint density at radius 3 is 2.61 bits per heavy atom. The van der Waals surface area contributed by atoms with Gasteiger partial charge in [0, 0.05) is 6.42 Å². The molecule has 1 aromatic carbocycles. The van der Waals surface area contributed by atoms with Crippen LogP contribution in [0.3, 0.4) is 0 Å². The zero-order chi connectivity index (χ0) is 13.1. The summed E-state index contributed by atoms with van der Waals surface area (Å²) in [6, 6.07) is 6.44. The van der Waals surface area contributed by atoms with Gasteiger partial charge in [0.05, 0.1) is 12.8 Å². The first kappa shape index (κ1) is 12.5. The van der Waals surface area contributed by atoms with Crippen LogP contribution < -0.4 is 10.5 Å². The van der Waals surface area contributed by atoms with E-state index in [0.717, 1.165) is 35.6 Å². The second-order valence-corrected chi connectivity index (χ2v) is 4.36. The molecular weight excluding hydrogens is 228 g/mol. The van der Waals surface area contributed by atoms with Gasteiger partial charge in [-0.3, -0.25) is 0 Å². The average molecular weight is 246 g/mol. The van der Waals surface area contributed by atoms with Gasteiger partial charge in [0.1, 0.15) is 11.5 Å². The fourth-order valence-corrected chi connectivity index (χ4v) is 2.04. The predicted molar refractivity (Wildman–Crippen MR) is 70.8 cm³/mol. The zero-order valence-corrected chi connectivity index (χ0v) is 11.0. The number of nitrogen functional groups attached to an aromatic ring is 1. The molecule has 4 heteroatoms. The maximum absolute atomic E-state index is 5.52. The quantitative estimate of drug-likeness (QED) is 0.901. The van der Waals surface area contributed by atoms with Crippen LogP contribution in [-0.4, -0.2) is 12.1 Å². The van der Waals surface area contributed by atoms with Crippen molar-refractivity contribution in [2.45, 2.75) is 26.7 Å². The Labute approximate surface area is 107 Å². The standard InChI is InChI=1S/C14H18N2O2/c1-9-8-11(4-6-12(9)17-3)5-7-13-10(2)16-14(15)18-13/h4,6,8H,5,7H2,1-3H3,(H2,15,16). The minimum atomic E-state index is 0.244. The average Bonchev–Trinajstić information content (AvgIpc) is 2.65. The molecular formula is C14H18N2O2. The molecule has 0 aliphatic rings. The fraction of sp³-hybridized carbons (Fsp3) is 0.357. The summed E-state index contributed by atoms with van der Waals surface area (Å²) in [5, 5.41) is 0. The molecule has 0 bridgehead atoms. The summed E-state index contributed by atoms with van der Waals surface area (Å²) in [6.07, 6.45) is 1.71. The van der Waals surface area contributed by atoms with E-state index >= 15 is 0 Å². The molecule has 4 nitrogen and oxygen atoms in total. The topological polar surface area (TPSA) is 61.3 Å². The molecule has 0 aliphatic heterocycles. The van der Waals surface area contributed by atoms with Crippen molar-refractivity contribution in [1.29, 1.82) is 0 Å². The van der Waals surface area contributed by atoms with Crippen LogP contribution in [0.15, 0.2) is 22.6 Å². The van der Waals surface area contributed by atoms with Gasteiger partial charge in [0.2, 0.25) is 0 Å². The van der Waals surface area contributed by atoms with Gasteiger partial charge in [-0.2, -0.15) is 4.98 Å². The summed E-state index contributed by atoms with van der Waals surface area (Å²) in [4.78, 5) is 4.06. The lowest BCUT2D eigenvalue weighted by atomic mass is 10.0. The number of benzene rings is 1. The van der Waals surface area contributed by atoms with Gasteiger partial charge in [-0.1, -0.05) is 12.1 Å². The number of rotatable bonds is 4. The van der Waals surface area contributed by atoms with E-state index in [1.54, 1.807) is 7.11 Å². The molecule has 0 fully saturated rings. The third-order valence-corrected chi connectivity index (χ3v) is 3.01. The van der Waals surface area contributed by atoms with Gasteiger partial charge in [-0.05, 0) is 37.5 Å². The van der Waals surface area contributed by atoms with E-state index in [2.05, 4.69) is 17.1 Å². The van der Waals surface area contributed by atoms with E-state index in [4.69, 9.17) is 14.9 Å². The van der Waals surface area contributed by atoms with Crippen molar-refractivity contribution in [3.63, 3.8) is 0 Å². The number of aryl methyl sites for hydroxylation is 4. The third kappa shape index (κ3) is 2.64. The normalized spacial score (nSPS) is 10.6. The number of methoxy groups -OCH3 is 1. The van der Waals surface area contributed by atoms with Gasteiger partial charge in [0.15, 0.2) is 0 Å². The van der Waals surface area contributed by atoms with Crippen LogP contribution in [0.2, 0.25) is 0 Å². The van der Waals surface area contributed by atoms with Crippen molar-refractivity contribution in [3.05, 3.63) is 40.8 Å². The molecule has 0 saturated carbocycles. The van der Waals surface area contributed by atoms with Crippen LogP contribution in [0, 0.1) is 13.8 Å². The van der Waals surface area contributed by atoms with E-state index < -0.39 is 0 Å². The van der Waals surface area contributed by atoms with Crippen LogP contribution in [0.4, 0.5) is 6.01 Å². The van der Waals surface area contributed by atoms with E-state index in [1.165, 1.54) is 5.56 Å². The molecule has 0 amide bonds. The number of oxazole rings is 1. The SMILES string of the molecule is COc1ccc(CCc2oc(N)nc2C)cc1C. The number of aromatic nitrogens is 1. The van der Waals surface area contributed by atoms with Crippen LogP contribution >= 0.6 is 0 Å².